The SMILES string of the molecule is Cc1cc(Cl)c(C)c(S(=O)(=O)NNC(=O)c2ccc3c(c2)OCCO3)c1Cl. The van der Waals surface area contributed by atoms with Crippen molar-refractivity contribution in [3.63, 3.8) is 0 Å². The van der Waals surface area contributed by atoms with Crippen LogP contribution >= 0.6 is 23.2 Å². The van der Waals surface area contributed by atoms with Crippen molar-refractivity contribution in [3.8, 4) is 11.5 Å². The van der Waals surface area contributed by atoms with E-state index in [-0.39, 0.29) is 26.1 Å². The molecule has 2 aromatic carbocycles. The van der Waals surface area contributed by atoms with E-state index in [9.17, 15) is 13.2 Å². The molecule has 0 fully saturated rings. The normalized spacial score (nSPS) is 13.3. The average Bonchev–Trinajstić information content (AvgIpc) is 2.64. The van der Waals surface area contributed by atoms with Crippen molar-refractivity contribution in [2.75, 3.05) is 13.2 Å². The van der Waals surface area contributed by atoms with E-state index in [2.05, 4.69) is 5.43 Å². The minimum Gasteiger partial charge on any atom is -0.486 e. The molecule has 0 aromatic heterocycles. The molecular weight excluding hydrogens is 415 g/mol. The molecule has 1 aliphatic heterocycles. The fourth-order valence-corrected chi connectivity index (χ4v) is 4.61. The molecule has 10 heteroatoms. The van der Waals surface area contributed by atoms with Gasteiger partial charge in [-0.15, -0.1) is 4.83 Å². The van der Waals surface area contributed by atoms with Crippen LogP contribution < -0.4 is 19.7 Å². The first-order valence-corrected chi connectivity index (χ1v) is 10.1. The zero-order chi connectivity index (χ0) is 19.8. The molecule has 0 unspecified atom stereocenters. The molecule has 0 saturated heterocycles. The number of aryl methyl sites for hydroxylation is 1. The average molecular weight is 431 g/mol. The summed E-state index contributed by atoms with van der Waals surface area (Å²) in [6.45, 7) is 3.97. The van der Waals surface area contributed by atoms with Gasteiger partial charge in [-0.25, -0.2) is 8.42 Å². The van der Waals surface area contributed by atoms with Gasteiger partial charge in [-0.3, -0.25) is 10.2 Å². The Morgan fingerprint density at radius 1 is 1.07 bits per heavy atom. The number of rotatable bonds is 4. The number of carbonyl (C=O) groups is 1. The van der Waals surface area contributed by atoms with Crippen LogP contribution in [-0.2, 0) is 10.0 Å². The highest BCUT2D eigenvalue weighted by atomic mass is 35.5. The second-order valence-corrected chi connectivity index (χ2v) is 8.27. The lowest BCUT2D eigenvalue weighted by Gasteiger charge is -2.19. The highest BCUT2D eigenvalue weighted by molar-refractivity contribution is 7.89. The summed E-state index contributed by atoms with van der Waals surface area (Å²) in [5.74, 6) is 0.277. The van der Waals surface area contributed by atoms with Crippen LogP contribution in [0.4, 0.5) is 0 Å². The van der Waals surface area contributed by atoms with Crippen molar-refractivity contribution in [2.24, 2.45) is 0 Å². The smallest absolute Gasteiger partial charge is 0.266 e. The molecule has 1 aliphatic rings. The van der Waals surface area contributed by atoms with Gasteiger partial charge in [0.2, 0.25) is 0 Å². The van der Waals surface area contributed by atoms with E-state index >= 15 is 0 Å². The van der Waals surface area contributed by atoms with Crippen LogP contribution in [0, 0.1) is 13.8 Å². The summed E-state index contributed by atoms with van der Waals surface area (Å²) in [6.07, 6.45) is 0. The lowest BCUT2D eigenvalue weighted by atomic mass is 10.2. The predicted molar refractivity (Wildman–Crippen MR) is 101 cm³/mol. The van der Waals surface area contributed by atoms with Crippen LogP contribution in [0.1, 0.15) is 21.5 Å². The number of benzene rings is 2. The lowest BCUT2D eigenvalue weighted by Crippen LogP contribution is -2.42. The van der Waals surface area contributed by atoms with E-state index in [1.807, 2.05) is 4.83 Å². The summed E-state index contributed by atoms with van der Waals surface area (Å²) in [5, 5.41) is 0.299. The number of sulfonamides is 1. The standard InChI is InChI=1S/C17H16Cl2N2O5S/c1-9-7-12(18)10(2)16(15(9)19)27(23,24)21-20-17(22)11-3-4-13-14(8-11)26-6-5-25-13/h3-4,7-8,21H,5-6H2,1-2H3,(H,20,22). The molecule has 2 N–H and O–H groups in total. The van der Waals surface area contributed by atoms with E-state index in [0.29, 0.717) is 30.3 Å². The number of amides is 1. The minimum atomic E-state index is -4.14. The van der Waals surface area contributed by atoms with Gasteiger partial charge in [0.1, 0.15) is 18.1 Å². The fourth-order valence-electron chi connectivity index (χ4n) is 2.55. The number of nitrogens with one attached hydrogen (secondary N) is 2. The van der Waals surface area contributed by atoms with Crippen LogP contribution in [-0.4, -0.2) is 27.5 Å². The van der Waals surface area contributed by atoms with Gasteiger partial charge in [-0.05, 0) is 49.2 Å². The van der Waals surface area contributed by atoms with Crippen LogP contribution in [0.15, 0.2) is 29.2 Å². The largest absolute Gasteiger partial charge is 0.486 e. The van der Waals surface area contributed by atoms with Crippen molar-refractivity contribution >= 4 is 39.1 Å². The summed E-state index contributed by atoms with van der Waals surface area (Å²) >= 11 is 12.2. The number of ether oxygens (including phenoxy) is 2. The van der Waals surface area contributed by atoms with Crippen LogP contribution in [0.3, 0.4) is 0 Å². The van der Waals surface area contributed by atoms with Gasteiger partial charge in [0.15, 0.2) is 11.5 Å². The molecule has 144 valence electrons. The van der Waals surface area contributed by atoms with Gasteiger partial charge in [0, 0.05) is 10.6 Å². The predicted octanol–water partition coefficient (Wildman–Crippen LogP) is 3.00. The minimum absolute atomic E-state index is 0.0398. The molecule has 0 bridgehead atoms. The Balaban J connectivity index is 1.81. The van der Waals surface area contributed by atoms with Gasteiger partial charge in [0.05, 0.1) is 5.02 Å². The van der Waals surface area contributed by atoms with Crippen LogP contribution in [0.25, 0.3) is 0 Å². The third-order valence-electron chi connectivity index (χ3n) is 3.96. The molecular formula is C17H16Cl2N2O5S. The summed E-state index contributed by atoms with van der Waals surface area (Å²) < 4.78 is 36.1. The quantitative estimate of drug-likeness (QED) is 0.726. The highest BCUT2D eigenvalue weighted by Gasteiger charge is 2.25. The maximum atomic E-state index is 12.6. The van der Waals surface area contributed by atoms with Crippen molar-refractivity contribution in [1.82, 2.24) is 10.3 Å². The van der Waals surface area contributed by atoms with Gasteiger partial charge in [-0.2, -0.15) is 0 Å². The summed E-state index contributed by atoms with van der Waals surface area (Å²) in [5.41, 5.74) is 3.15. The Morgan fingerprint density at radius 2 is 1.74 bits per heavy atom. The molecule has 0 aliphatic carbocycles. The molecule has 0 saturated carbocycles. The highest BCUT2D eigenvalue weighted by Crippen LogP contribution is 2.33. The summed E-state index contributed by atoms with van der Waals surface area (Å²) in [4.78, 5) is 14.2. The molecule has 3 rings (SSSR count). The van der Waals surface area contributed by atoms with Gasteiger partial charge >= 0.3 is 0 Å². The molecule has 0 atom stereocenters. The van der Waals surface area contributed by atoms with Crippen LogP contribution in [0.5, 0.6) is 11.5 Å². The van der Waals surface area contributed by atoms with E-state index in [0.717, 1.165) is 0 Å². The fraction of sp³-hybridized carbons (Fsp3) is 0.235. The molecule has 0 spiro atoms. The molecule has 7 nitrogen and oxygen atoms in total. The Morgan fingerprint density at radius 3 is 2.44 bits per heavy atom. The number of hydrogen-bond acceptors (Lipinski definition) is 5. The number of halogens is 2. The van der Waals surface area contributed by atoms with E-state index in [4.69, 9.17) is 32.7 Å². The zero-order valence-electron chi connectivity index (χ0n) is 14.4. The molecule has 0 radical (unpaired) electrons. The van der Waals surface area contributed by atoms with Gasteiger partial charge < -0.3 is 9.47 Å². The third kappa shape index (κ3) is 3.98. The summed E-state index contributed by atoms with van der Waals surface area (Å²) in [6, 6.07) is 6.13. The maximum absolute atomic E-state index is 12.6. The van der Waals surface area contributed by atoms with Gasteiger partial charge in [0.25, 0.3) is 15.9 Å². The zero-order valence-corrected chi connectivity index (χ0v) is 16.8. The Bertz CT molecular complexity index is 998. The first-order chi connectivity index (χ1) is 12.7. The first kappa shape index (κ1) is 19.8. The van der Waals surface area contributed by atoms with Crippen molar-refractivity contribution < 1.29 is 22.7 Å². The number of carbonyl (C=O) groups excluding carboxylic acids is 1. The second-order valence-electron chi connectivity index (χ2n) is 5.86. The number of hydrazine groups is 1. The third-order valence-corrected chi connectivity index (χ3v) is 6.37. The molecule has 2 aromatic rings. The first-order valence-electron chi connectivity index (χ1n) is 7.87. The van der Waals surface area contributed by atoms with Crippen molar-refractivity contribution in [2.45, 2.75) is 18.7 Å². The summed E-state index contributed by atoms with van der Waals surface area (Å²) in [7, 11) is -4.14. The Labute approximate surface area is 166 Å². The molecule has 1 heterocycles. The topological polar surface area (TPSA) is 93.7 Å². The number of hydrogen-bond donors (Lipinski definition) is 2. The monoisotopic (exact) mass is 430 g/mol. The molecule has 1 amide bonds. The Hall–Kier alpha value is -2.00. The molecule has 27 heavy (non-hydrogen) atoms. The van der Waals surface area contributed by atoms with Crippen molar-refractivity contribution in [3.05, 3.63) is 51.0 Å². The van der Waals surface area contributed by atoms with Crippen LogP contribution in [0.2, 0.25) is 10.0 Å². The van der Waals surface area contributed by atoms with E-state index < -0.39 is 15.9 Å². The second kappa shape index (κ2) is 7.55. The van der Waals surface area contributed by atoms with Gasteiger partial charge in [-0.1, -0.05) is 23.2 Å². The number of fused-ring (bicyclic) bond motifs is 1. The maximum Gasteiger partial charge on any atom is 0.266 e. The Kier molecular flexibility index (Phi) is 5.53. The van der Waals surface area contributed by atoms with E-state index in [1.54, 1.807) is 19.1 Å². The van der Waals surface area contributed by atoms with Crippen molar-refractivity contribution in [1.29, 1.82) is 0 Å². The lowest BCUT2D eigenvalue weighted by molar-refractivity contribution is 0.0944. The van der Waals surface area contributed by atoms with E-state index in [1.165, 1.54) is 19.1 Å².